The van der Waals surface area contributed by atoms with E-state index in [1.165, 1.54) is 16.9 Å². The molecule has 2 fully saturated rings. The molecule has 25 heavy (non-hydrogen) atoms. The summed E-state index contributed by atoms with van der Waals surface area (Å²) in [5.74, 6) is 1.14. The Morgan fingerprint density at radius 1 is 1.28 bits per heavy atom. The van der Waals surface area contributed by atoms with Gasteiger partial charge in [0, 0.05) is 11.7 Å². The molecule has 1 amide bonds. The first kappa shape index (κ1) is 18.6. The third-order valence-corrected chi connectivity index (χ3v) is 6.99. The highest BCUT2D eigenvalue weighted by Gasteiger charge is 2.57. The number of rotatable bonds is 5. The van der Waals surface area contributed by atoms with Crippen molar-refractivity contribution in [1.82, 2.24) is 15.5 Å². The second-order valence-corrected chi connectivity index (χ2v) is 8.71. The van der Waals surface area contributed by atoms with Gasteiger partial charge in [-0.1, -0.05) is 53.4 Å². The van der Waals surface area contributed by atoms with E-state index in [1.54, 1.807) is 11.8 Å². The minimum atomic E-state index is 0. The molecular formula is C17H21ClN4OS2. The van der Waals surface area contributed by atoms with Crippen LogP contribution in [0.2, 0.25) is 0 Å². The number of carbonyl (C=O) groups excluding carboxylic acids is 1. The van der Waals surface area contributed by atoms with E-state index in [1.807, 2.05) is 18.2 Å². The standard InChI is InChI=1S/C17H20N4OS2.ClH/c22-14(13-10-17(13)6-8-18-9-7-17)19-15-20-21-16(24-15)23-11-12-4-2-1-3-5-12;/h1-5,13,18H,6-11H2,(H,19,20,22);1H. The number of nitrogens with one attached hydrogen (secondary N) is 2. The van der Waals surface area contributed by atoms with Crippen molar-refractivity contribution in [2.24, 2.45) is 11.3 Å². The Bertz CT molecular complexity index is 718. The predicted octanol–water partition coefficient (Wildman–Crippen LogP) is 3.58. The van der Waals surface area contributed by atoms with Crippen LogP contribution in [0, 0.1) is 11.3 Å². The monoisotopic (exact) mass is 396 g/mol. The van der Waals surface area contributed by atoms with Crippen molar-refractivity contribution in [3.05, 3.63) is 35.9 Å². The minimum absolute atomic E-state index is 0. The van der Waals surface area contributed by atoms with E-state index in [-0.39, 0.29) is 29.6 Å². The molecule has 1 spiro atoms. The Hall–Kier alpha value is -1.15. The maximum Gasteiger partial charge on any atom is 0.229 e. The van der Waals surface area contributed by atoms with Crippen LogP contribution in [0.25, 0.3) is 0 Å². The smallest absolute Gasteiger partial charge is 0.229 e. The SMILES string of the molecule is Cl.O=C(Nc1nnc(SCc2ccccc2)s1)C1CC12CCNCC2. The van der Waals surface area contributed by atoms with Crippen LogP contribution in [-0.4, -0.2) is 29.2 Å². The zero-order chi connectivity index (χ0) is 16.4. The number of amides is 1. The van der Waals surface area contributed by atoms with Gasteiger partial charge in [-0.25, -0.2) is 0 Å². The summed E-state index contributed by atoms with van der Waals surface area (Å²) in [4.78, 5) is 12.4. The van der Waals surface area contributed by atoms with Crippen molar-refractivity contribution in [3.8, 4) is 0 Å². The minimum Gasteiger partial charge on any atom is -0.317 e. The van der Waals surface area contributed by atoms with Gasteiger partial charge in [0.05, 0.1) is 0 Å². The molecule has 1 saturated carbocycles. The van der Waals surface area contributed by atoms with Crippen LogP contribution in [-0.2, 0) is 10.5 Å². The molecule has 2 aliphatic rings. The fourth-order valence-corrected chi connectivity index (χ4v) is 5.14. The van der Waals surface area contributed by atoms with Crippen LogP contribution < -0.4 is 10.6 Å². The van der Waals surface area contributed by atoms with E-state index < -0.39 is 0 Å². The molecule has 2 N–H and O–H groups in total. The number of hydrogen-bond donors (Lipinski definition) is 2. The fraction of sp³-hybridized carbons (Fsp3) is 0.471. The molecule has 8 heteroatoms. The highest BCUT2D eigenvalue weighted by atomic mass is 35.5. The Morgan fingerprint density at radius 2 is 2.04 bits per heavy atom. The summed E-state index contributed by atoms with van der Waals surface area (Å²) >= 11 is 3.11. The van der Waals surface area contributed by atoms with Crippen LogP contribution in [0.4, 0.5) is 5.13 Å². The van der Waals surface area contributed by atoms with Gasteiger partial charge in [-0.3, -0.25) is 4.79 Å². The molecule has 2 heterocycles. The second-order valence-electron chi connectivity index (χ2n) is 6.51. The van der Waals surface area contributed by atoms with Gasteiger partial charge in [0.15, 0.2) is 4.34 Å². The van der Waals surface area contributed by atoms with Crippen molar-refractivity contribution >= 4 is 46.5 Å². The first-order valence-electron chi connectivity index (χ1n) is 8.27. The molecule has 1 aliphatic carbocycles. The third kappa shape index (κ3) is 4.34. The summed E-state index contributed by atoms with van der Waals surface area (Å²) in [6.45, 7) is 2.06. The summed E-state index contributed by atoms with van der Waals surface area (Å²) in [5, 5.41) is 15.2. The average Bonchev–Trinajstić information content (AvgIpc) is 3.12. The van der Waals surface area contributed by atoms with Gasteiger partial charge in [-0.2, -0.15) is 0 Å². The van der Waals surface area contributed by atoms with Gasteiger partial charge < -0.3 is 10.6 Å². The highest BCUT2D eigenvalue weighted by molar-refractivity contribution is 8.00. The average molecular weight is 397 g/mol. The molecule has 4 rings (SSSR count). The van der Waals surface area contributed by atoms with E-state index in [0.29, 0.717) is 5.13 Å². The third-order valence-electron chi connectivity index (χ3n) is 4.95. The molecule has 5 nitrogen and oxygen atoms in total. The molecule has 2 aromatic rings. The van der Waals surface area contributed by atoms with E-state index in [9.17, 15) is 4.79 Å². The number of hydrogen-bond acceptors (Lipinski definition) is 6. The predicted molar refractivity (Wildman–Crippen MR) is 104 cm³/mol. The number of piperidine rings is 1. The van der Waals surface area contributed by atoms with Gasteiger partial charge in [-0.15, -0.1) is 22.6 Å². The largest absolute Gasteiger partial charge is 0.317 e. The van der Waals surface area contributed by atoms with E-state index in [4.69, 9.17) is 0 Å². The number of anilines is 1. The lowest BCUT2D eigenvalue weighted by Gasteiger charge is -2.22. The molecule has 1 unspecified atom stereocenters. The molecular weight excluding hydrogens is 376 g/mol. The van der Waals surface area contributed by atoms with Gasteiger partial charge in [-0.05, 0) is 43.3 Å². The molecule has 1 aliphatic heterocycles. The van der Waals surface area contributed by atoms with Crippen LogP contribution in [0.5, 0.6) is 0 Å². The molecule has 1 saturated heterocycles. The Kier molecular flexibility index (Phi) is 5.99. The maximum absolute atomic E-state index is 12.4. The number of nitrogens with zero attached hydrogens (tertiary/aromatic N) is 2. The van der Waals surface area contributed by atoms with Crippen LogP contribution in [0.15, 0.2) is 34.7 Å². The molecule has 134 valence electrons. The van der Waals surface area contributed by atoms with Crippen molar-refractivity contribution in [1.29, 1.82) is 0 Å². The number of thioether (sulfide) groups is 1. The van der Waals surface area contributed by atoms with Gasteiger partial charge in [0.25, 0.3) is 0 Å². The summed E-state index contributed by atoms with van der Waals surface area (Å²) in [7, 11) is 0. The Balaban J connectivity index is 0.00000182. The Labute approximate surface area is 161 Å². The number of aromatic nitrogens is 2. The van der Waals surface area contributed by atoms with E-state index in [0.717, 1.165) is 42.4 Å². The van der Waals surface area contributed by atoms with Crippen molar-refractivity contribution in [2.45, 2.75) is 29.4 Å². The van der Waals surface area contributed by atoms with Crippen molar-refractivity contribution in [2.75, 3.05) is 18.4 Å². The molecule has 0 bridgehead atoms. The van der Waals surface area contributed by atoms with Crippen molar-refractivity contribution in [3.63, 3.8) is 0 Å². The zero-order valence-corrected chi connectivity index (χ0v) is 16.2. The lowest BCUT2D eigenvalue weighted by atomic mass is 9.92. The lowest BCUT2D eigenvalue weighted by Crippen LogP contribution is -2.31. The lowest BCUT2D eigenvalue weighted by molar-refractivity contribution is -0.118. The van der Waals surface area contributed by atoms with Gasteiger partial charge in [0.1, 0.15) is 0 Å². The summed E-state index contributed by atoms with van der Waals surface area (Å²) in [6, 6.07) is 10.3. The topological polar surface area (TPSA) is 66.9 Å². The molecule has 1 atom stereocenters. The second kappa shape index (κ2) is 8.03. The first-order chi connectivity index (χ1) is 11.8. The number of carbonyl (C=O) groups is 1. The normalized spacial score (nSPS) is 20.7. The Morgan fingerprint density at radius 3 is 2.80 bits per heavy atom. The van der Waals surface area contributed by atoms with E-state index in [2.05, 4.69) is 33.0 Å². The van der Waals surface area contributed by atoms with Crippen LogP contribution in [0.3, 0.4) is 0 Å². The number of halogens is 1. The fourth-order valence-electron chi connectivity index (χ4n) is 3.43. The van der Waals surface area contributed by atoms with Gasteiger partial charge in [0.2, 0.25) is 11.0 Å². The summed E-state index contributed by atoms with van der Waals surface area (Å²) in [5.41, 5.74) is 1.51. The van der Waals surface area contributed by atoms with Crippen LogP contribution >= 0.6 is 35.5 Å². The maximum atomic E-state index is 12.4. The summed E-state index contributed by atoms with van der Waals surface area (Å²) < 4.78 is 0.890. The molecule has 1 aromatic carbocycles. The quantitative estimate of drug-likeness (QED) is 0.597. The molecule has 0 radical (unpaired) electrons. The zero-order valence-electron chi connectivity index (χ0n) is 13.7. The first-order valence-corrected chi connectivity index (χ1v) is 10.1. The van der Waals surface area contributed by atoms with Crippen LogP contribution in [0.1, 0.15) is 24.8 Å². The van der Waals surface area contributed by atoms with Gasteiger partial charge >= 0.3 is 0 Å². The highest BCUT2D eigenvalue weighted by Crippen LogP contribution is 2.58. The van der Waals surface area contributed by atoms with Crippen molar-refractivity contribution < 1.29 is 4.79 Å². The molecule has 1 aromatic heterocycles. The summed E-state index contributed by atoms with van der Waals surface area (Å²) in [6.07, 6.45) is 3.24. The number of benzene rings is 1. The van der Waals surface area contributed by atoms with E-state index >= 15 is 0 Å².